The number of thiazole rings is 1. The second kappa shape index (κ2) is 5.02. The molecule has 17 heavy (non-hydrogen) atoms. The molecule has 2 unspecified atom stereocenters. The van der Waals surface area contributed by atoms with Crippen molar-refractivity contribution in [3.63, 3.8) is 0 Å². The molecule has 3 nitrogen and oxygen atoms in total. The van der Waals surface area contributed by atoms with E-state index in [0.29, 0.717) is 0 Å². The molecule has 0 spiro atoms. The summed E-state index contributed by atoms with van der Waals surface area (Å²) in [6.07, 6.45) is 0.189. The van der Waals surface area contributed by atoms with Crippen molar-refractivity contribution in [2.24, 2.45) is 0 Å². The third-order valence-corrected chi connectivity index (χ3v) is 3.90. The number of fused-ring (bicyclic) bond motifs is 1. The molecule has 0 aliphatic rings. The normalized spacial score (nSPS) is 14.8. The van der Waals surface area contributed by atoms with Crippen LogP contribution in [0, 0.1) is 6.92 Å². The van der Waals surface area contributed by atoms with Crippen LogP contribution in [0.15, 0.2) is 18.2 Å². The average molecular weight is 250 g/mol. The van der Waals surface area contributed by atoms with Crippen LogP contribution in [0.1, 0.15) is 18.9 Å². The van der Waals surface area contributed by atoms with Crippen LogP contribution in [0.5, 0.6) is 0 Å². The Morgan fingerprint density at radius 2 is 2.12 bits per heavy atom. The number of nitrogens with one attached hydrogen (secondary N) is 1. The van der Waals surface area contributed by atoms with Crippen LogP contribution >= 0.6 is 11.3 Å². The lowest BCUT2D eigenvalue weighted by atomic mass is 10.2. The van der Waals surface area contributed by atoms with Crippen molar-refractivity contribution in [3.05, 3.63) is 23.2 Å². The van der Waals surface area contributed by atoms with E-state index in [1.807, 2.05) is 6.92 Å². The maximum atomic E-state index is 5.30. The summed E-state index contributed by atoms with van der Waals surface area (Å²) in [5, 5.41) is 4.55. The second-order valence-electron chi connectivity index (χ2n) is 4.29. The van der Waals surface area contributed by atoms with Crippen LogP contribution < -0.4 is 5.32 Å². The van der Waals surface area contributed by atoms with Crippen molar-refractivity contribution in [1.29, 1.82) is 0 Å². The van der Waals surface area contributed by atoms with E-state index in [9.17, 15) is 0 Å². The first-order valence-corrected chi connectivity index (χ1v) is 6.58. The smallest absolute Gasteiger partial charge is 0.0907 e. The van der Waals surface area contributed by atoms with Gasteiger partial charge in [-0.15, -0.1) is 11.3 Å². The van der Waals surface area contributed by atoms with E-state index in [2.05, 4.69) is 42.3 Å². The zero-order chi connectivity index (χ0) is 12.4. The van der Waals surface area contributed by atoms with Gasteiger partial charge in [0, 0.05) is 18.8 Å². The lowest BCUT2D eigenvalue weighted by molar-refractivity contribution is 0.106. The summed E-state index contributed by atoms with van der Waals surface area (Å²) in [5.41, 5.74) is 2.20. The van der Waals surface area contributed by atoms with E-state index in [4.69, 9.17) is 4.74 Å². The topological polar surface area (TPSA) is 34.1 Å². The van der Waals surface area contributed by atoms with Crippen LogP contribution in [0.4, 0.5) is 5.69 Å². The van der Waals surface area contributed by atoms with Gasteiger partial charge in [0.15, 0.2) is 0 Å². The fraction of sp³-hybridized carbons (Fsp3) is 0.462. The summed E-state index contributed by atoms with van der Waals surface area (Å²) in [7, 11) is 1.73. The fourth-order valence-corrected chi connectivity index (χ4v) is 2.58. The Morgan fingerprint density at radius 1 is 1.35 bits per heavy atom. The predicted molar refractivity (Wildman–Crippen MR) is 73.9 cm³/mol. The molecule has 0 aliphatic carbocycles. The van der Waals surface area contributed by atoms with Gasteiger partial charge in [-0.05, 0) is 39.0 Å². The Bertz CT molecular complexity index is 509. The van der Waals surface area contributed by atoms with Crippen molar-refractivity contribution >= 4 is 27.2 Å². The molecule has 0 bridgehead atoms. The van der Waals surface area contributed by atoms with E-state index < -0.39 is 0 Å². The quantitative estimate of drug-likeness (QED) is 0.902. The number of nitrogens with zero attached hydrogens (tertiary/aromatic N) is 1. The summed E-state index contributed by atoms with van der Waals surface area (Å²) < 4.78 is 6.53. The number of rotatable bonds is 4. The number of aromatic nitrogens is 1. The molecule has 1 aromatic heterocycles. The number of ether oxygens (including phenoxy) is 1. The number of hydrogen-bond acceptors (Lipinski definition) is 4. The van der Waals surface area contributed by atoms with Crippen LogP contribution in [0.2, 0.25) is 0 Å². The van der Waals surface area contributed by atoms with Gasteiger partial charge in [-0.1, -0.05) is 0 Å². The summed E-state index contributed by atoms with van der Waals surface area (Å²) in [6.45, 7) is 6.22. The Hall–Kier alpha value is -1.13. The van der Waals surface area contributed by atoms with Crippen molar-refractivity contribution in [1.82, 2.24) is 4.98 Å². The number of hydrogen-bond donors (Lipinski definition) is 1. The minimum atomic E-state index is 0.189. The molecule has 1 N–H and O–H groups in total. The summed E-state index contributed by atoms with van der Waals surface area (Å²) in [5.74, 6) is 0. The summed E-state index contributed by atoms with van der Waals surface area (Å²) in [4.78, 5) is 4.45. The summed E-state index contributed by atoms with van der Waals surface area (Å²) in [6, 6.07) is 6.57. The first kappa shape index (κ1) is 12.3. The fourth-order valence-electron chi connectivity index (χ4n) is 1.71. The van der Waals surface area contributed by atoms with Gasteiger partial charge in [-0.2, -0.15) is 0 Å². The zero-order valence-corrected chi connectivity index (χ0v) is 11.5. The molecule has 4 heteroatoms. The van der Waals surface area contributed by atoms with E-state index in [0.717, 1.165) is 16.2 Å². The van der Waals surface area contributed by atoms with Crippen molar-refractivity contribution < 1.29 is 4.74 Å². The van der Waals surface area contributed by atoms with Crippen LogP contribution in [0.25, 0.3) is 10.2 Å². The Balaban J connectivity index is 2.18. The van der Waals surface area contributed by atoms with E-state index in [1.165, 1.54) is 4.70 Å². The van der Waals surface area contributed by atoms with Gasteiger partial charge < -0.3 is 10.1 Å². The van der Waals surface area contributed by atoms with Gasteiger partial charge in [0.1, 0.15) is 0 Å². The average Bonchev–Trinajstić information content (AvgIpc) is 2.67. The SMILES string of the molecule is COC(C)C(C)Nc1ccc2nc(C)sc2c1. The van der Waals surface area contributed by atoms with E-state index >= 15 is 0 Å². The third kappa shape index (κ3) is 2.76. The molecular weight excluding hydrogens is 232 g/mol. The highest BCUT2D eigenvalue weighted by atomic mass is 32.1. The molecule has 0 fully saturated rings. The lowest BCUT2D eigenvalue weighted by Crippen LogP contribution is -2.29. The largest absolute Gasteiger partial charge is 0.380 e. The molecule has 92 valence electrons. The predicted octanol–water partition coefficient (Wildman–Crippen LogP) is 3.44. The maximum Gasteiger partial charge on any atom is 0.0907 e. The van der Waals surface area contributed by atoms with Gasteiger partial charge >= 0.3 is 0 Å². The summed E-state index contributed by atoms with van der Waals surface area (Å²) >= 11 is 1.73. The van der Waals surface area contributed by atoms with Gasteiger partial charge in [0.2, 0.25) is 0 Å². The molecule has 2 rings (SSSR count). The van der Waals surface area contributed by atoms with Crippen molar-refractivity contribution in [2.75, 3.05) is 12.4 Å². The molecule has 2 atom stereocenters. The highest BCUT2D eigenvalue weighted by molar-refractivity contribution is 7.18. The van der Waals surface area contributed by atoms with Gasteiger partial charge in [0.05, 0.1) is 21.3 Å². The lowest BCUT2D eigenvalue weighted by Gasteiger charge is -2.20. The monoisotopic (exact) mass is 250 g/mol. The Morgan fingerprint density at radius 3 is 2.82 bits per heavy atom. The minimum absolute atomic E-state index is 0.189. The number of benzene rings is 1. The van der Waals surface area contributed by atoms with Crippen LogP contribution in [-0.4, -0.2) is 24.2 Å². The molecule has 0 saturated heterocycles. The van der Waals surface area contributed by atoms with Crippen LogP contribution in [0.3, 0.4) is 0 Å². The number of anilines is 1. The van der Waals surface area contributed by atoms with E-state index in [1.54, 1.807) is 18.4 Å². The highest BCUT2D eigenvalue weighted by Gasteiger charge is 2.11. The molecule has 2 aromatic rings. The van der Waals surface area contributed by atoms with Crippen LogP contribution in [-0.2, 0) is 4.74 Å². The molecule has 1 heterocycles. The molecule has 0 radical (unpaired) electrons. The molecular formula is C13H18N2OS. The maximum absolute atomic E-state index is 5.30. The first-order valence-electron chi connectivity index (χ1n) is 5.76. The molecule has 0 saturated carbocycles. The second-order valence-corrected chi connectivity index (χ2v) is 5.52. The van der Waals surface area contributed by atoms with Gasteiger partial charge in [-0.3, -0.25) is 0 Å². The standard InChI is InChI=1S/C13H18N2OS/c1-8(9(2)16-4)14-11-5-6-12-13(7-11)17-10(3)15-12/h5-9,14H,1-4H3. The minimum Gasteiger partial charge on any atom is -0.380 e. The Labute approximate surface area is 106 Å². The first-order chi connectivity index (χ1) is 8.10. The van der Waals surface area contributed by atoms with Gasteiger partial charge in [0.25, 0.3) is 0 Å². The Kier molecular flexibility index (Phi) is 3.64. The zero-order valence-electron chi connectivity index (χ0n) is 10.7. The van der Waals surface area contributed by atoms with E-state index in [-0.39, 0.29) is 12.1 Å². The number of aryl methyl sites for hydroxylation is 1. The van der Waals surface area contributed by atoms with Gasteiger partial charge in [-0.25, -0.2) is 4.98 Å². The van der Waals surface area contributed by atoms with Crippen molar-refractivity contribution in [3.8, 4) is 0 Å². The molecule has 1 aromatic carbocycles. The highest BCUT2D eigenvalue weighted by Crippen LogP contribution is 2.25. The number of methoxy groups -OCH3 is 1. The molecule has 0 aliphatic heterocycles. The molecule has 0 amide bonds. The third-order valence-electron chi connectivity index (χ3n) is 2.97. The van der Waals surface area contributed by atoms with Crippen molar-refractivity contribution in [2.45, 2.75) is 32.9 Å².